The summed E-state index contributed by atoms with van der Waals surface area (Å²) >= 11 is 0. The molecule has 1 atom stereocenters. The van der Waals surface area contributed by atoms with Gasteiger partial charge in [0.2, 0.25) is 0 Å². The van der Waals surface area contributed by atoms with E-state index in [0.717, 1.165) is 12.0 Å². The molecule has 10 heavy (non-hydrogen) atoms. The lowest BCUT2D eigenvalue weighted by atomic mass is 10.1. The van der Waals surface area contributed by atoms with Crippen molar-refractivity contribution >= 4 is 6.29 Å². The molecule has 0 fully saturated rings. The van der Waals surface area contributed by atoms with Crippen molar-refractivity contribution in [3.8, 4) is 0 Å². The number of hydrogen-bond acceptors (Lipinski definition) is 2. The van der Waals surface area contributed by atoms with Gasteiger partial charge >= 0.3 is 0 Å². The molecule has 0 spiro atoms. The first-order chi connectivity index (χ1) is 4.74. The van der Waals surface area contributed by atoms with Crippen LogP contribution in [0.15, 0.2) is 24.4 Å². The van der Waals surface area contributed by atoms with Gasteiger partial charge in [-0.1, -0.05) is 12.2 Å². The molecular formula is C8H13NO. The summed E-state index contributed by atoms with van der Waals surface area (Å²) in [5.74, 6) is -0.129. The van der Waals surface area contributed by atoms with Gasteiger partial charge in [0.15, 0.2) is 0 Å². The second kappa shape index (κ2) is 4.79. The lowest BCUT2D eigenvalue weighted by Crippen LogP contribution is -2.05. The van der Waals surface area contributed by atoms with Crippen LogP contribution < -0.4 is 5.73 Å². The van der Waals surface area contributed by atoms with Gasteiger partial charge in [0.05, 0.1) is 0 Å². The SMILES string of the molecule is C=CC(C=O)C/C(N)=C\C. The molecule has 0 aliphatic rings. The second-order valence-corrected chi connectivity index (χ2v) is 2.10. The average molecular weight is 139 g/mol. The number of aldehydes is 1. The monoisotopic (exact) mass is 139 g/mol. The van der Waals surface area contributed by atoms with E-state index in [1.54, 1.807) is 12.2 Å². The van der Waals surface area contributed by atoms with E-state index < -0.39 is 0 Å². The molecule has 2 heteroatoms. The quantitative estimate of drug-likeness (QED) is 0.470. The van der Waals surface area contributed by atoms with Crippen LogP contribution in [0.4, 0.5) is 0 Å². The molecule has 0 radical (unpaired) electrons. The first-order valence-electron chi connectivity index (χ1n) is 3.23. The Morgan fingerprint density at radius 2 is 2.40 bits per heavy atom. The molecule has 56 valence electrons. The van der Waals surface area contributed by atoms with Gasteiger partial charge in [0, 0.05) is 11.6 Å². The molecule has 0 aliphatic carbocycles. The van der Waals surface area contributed by atoms with E-state index in [-0.39, 0.29) is 5.92 Å². The molecule has 0 heterocycles. The van der Waals surface area contributed by atoms with Gasteiger partial charge in [-0.2, -0.15) is 0 Å². The molecule has 0 bridgehead atoms. The number of allylic oxidation sites excluding steroid dienone is 3. The summed E-state index contributed by atoms with van der Waals surface area (Å²) in [4.78, 5) is 10.2. The van der Waals surface area contributed by atoms with Crippen LogP contribution in [0.25, 0.3) is 0 Å². The Labute approximate surface area is 61.4 Å². The van der Waals surface area contributed by atoms with Crippen LogP contribution in [0.5, 0.6) is 0 Å². The second-order valence-electron chi connectivity index (χ2n) is 2.10. The maximum absolute atomic E-state index is 10.2. The zero-order valence-electron chi connectivity index (χ0n) is 6.21. The van der Waals surface area contributed by atoms with Crippen molar-refractivity contribution in [1.29, 1.82) is 0 Å². The number of nitrogens with two attached hydrogens (primary N) is 1. The predicted molar refractivity (Wildman–Crippen MR) is 42.3 cm³/mol. The van der Waals surface area contributed by atoms with Gasteiger partial charge in [-0.3, -0.25) is 0 Å². The van der Waals surface area contributed by atoms with Crippen molar-refractivity contribution in [3.63, 3.8) is 0 Å². The molecule has 0 saturated carbocycles. The zero-order valence-corrected chi connectivity index (χ0v) is 6.21. The van der Waals surface area contributed by atoms with E-state index >= 15 is 0 Å². The van der Waals surface area contributed by atoms with E-state index in [2.05, 4.69) is 6.58 Å². The predicted octanol–water partition coefficient (Wildman–Crippen LogP) is 1.24. The van der Waals surface area contributed by atoms with E-state index in [1.165, 1.54) is 0 Å². The smallest absolute Gasteiger partial charge is 0.127 e. The van der Waals surface area contributed by atoms with Gasteiger partial charge in [0.1, 0.15) is 6.29 Å². The molecular weight excluding hydrogens is 126 g/mol. The van der Waals surface area contributed by atoms with Gasteiger partial charge in [-0.15, -0.1) is 6.58 Å². The van der Waals surface area contributed by atoms with E-state index in [4.69, 9.17) is 5.73 Å². The van der Waals surface area contributed by atoms with Crippen molar-refractivity contribution in [2.75, 3.05) is 0 Å². The molecule has 0 amide bonds. The van der Waals surface area contributed by atoms with Gasteiger partial charge in [-0.25, -0.2) is 0 Å². The van der Waals surface area contributed by atoms with E-state index in [1.807, 2.05) is 6.92 Å². The third kappa shape index (κ3) is 3.07. The molecule has 0 saturated heterocycles. The van der Waals surface area contributed by atoms with Crippen LogP contribution in [0.2, 0.25) is 0 Å². The molecule has 0 aromatic carbocycles. The van der Waals surface area contributed by atoms with E-state index in [0.29, 0.717) is 6.42 Å². The first-order valence-corrected chi connectivity index (χ1v) is 3.23. The summed E-state index contributed by atoms with van der Waals surface area (Å²) in [6.07, 6.45) is 4.83. The minimum atomic E-state index is -0.129. The molecule has 1 unspecified atom stereocenters. The largest absolute Gasteiger partial charge is 0.402 e. The van der Waals surface area contributed by atoms with Crippen LogP contribution in [0.3, 0.4) is 0 Å². The lowest BCUT2D eigenvalue weighted by Gasteiger charge is -2.02. The molecule has 0 aromatic heterocycles. The Morgan fingerprint density at radius 1 is 1.80 bits per heavy atom. The third-order valence-electron chi connectivity index (χ3n) is 1.32. The average Bonchev–Trinajstić information content (AvgIpc) is 1.99. The Balaban J connectivity index is 3.85. The number of carbonyl (C=O) groups is 1. The van der Waals surface area contributed by atoms with Crippen molar-refractivity contribution in [3.05, 3.63) is 24.4 Å². The normalized spacial score (nSPS) is 14.3. The summed E-state index contributed by atoms with van der Waals surface area (Å²) in [6, 6.07) is 0. The highest BCUT2D eigenvalue weighted by Gasteiger charge is 2.01. The summed E-state index contributed by atoms with van der Waals surface area (Å²) in [5.41, 5.74) is 6.21. The van der Waals surface area contributed by atoms with Crippen LogP contribution in [0.1, 0.15) is 13.3 Å². The topological polar surface area (TPSA) is 43.1 Å². The summed E-state index contributed by atoms with van der Waals surface area (Å²) in [5, 5.41) is 0. The van der Waals surface area contributed by atoms with Gasteiger partial charge < -0.3 is 10.5 Å². The van der Waals surface area contributed by atoms with Crippen molar-refractivity contribution in [2.45, 2.75) is 13.3 Å². The molecule has 2 nitrogen and oxygen atoms in total. The standard InChI is InChI=1S/C8H13NO/c1-3-7(6-10)5-8(9)4-2/h3-4,6-7H,1,5,9H2,2H3/b8-4+. The van der Waals surface area contributed by atoms with Crippen LogP contribution in [0, 0.1) is 5.92 Å². The number of carbonyl (C=O) groups excluding carboxylic acids is 1. The highest BCUT2D eigenvalue weighted by molar-refractivity contribution is 5.56. The Bertz CT molecular complexity index is 141. The minimum Gasteiger partial charge on any atom is -0.402 e. The van der Waals surface area contributed by atoms with Gasteiger partial charge in [0.25, 0.3) is 0 Å². The minimum absolute atomic E-state index is 0.129. The highest BCUT2D eigenvalue weighted by atomic mass is 16.1. The summed E-state index contributed by atoms with van der Waals surface area (Å²) in [6.45, 7) is 5.35. The first kappa shape index (κ1) is 8.95. The number of hydrogen-bond donors (Lipinski definition) is 1. The molecule has 0 aliphatic heterocycles. The zero-order chi connectivity index (χ0) is 7.98. The Kier molecular flexibility index (Phi) is 4.29. The third-order valence-corrected chi connectivity index (χ3v) is 1.32. The maximum atomic E-state index is 10.2. The lowest BCUT2D eigenvalue weighted by molar-refractivity contribution is -0.109. The van der Waals surface area contributed by atoms with Crippen LogP contribution >= 0.6 is 0 Å². The van der Waals surface area contributed by atoms with Crippen LogP contribution in [-0.4, -0.2) is 6.29 Å². The van der Waals surface area contributed by atoms with Crippen LogP contribution in [-0.2, 0) is 4.79 Å². The summed E-state index contributed by atoms with van der Waals surface area (Å²) < 4.78 is 0. The fourth-order valence-corrected chi connectivity index (χ4v) is 0.577. The fourth-order valence-electron chi connectivity index (χ4n) is 0.577. The molecule has 0 rings (SSSR count). The van der Waals surface area contributed by atoms with E-state index in [9.17, 15) is 4.79 Å². The maximum Gasteiger partial charge on any atom is 0.127 e. The molecule has 0 aromatic rings. The number of rotatable bonds is 4. The fraction of sp³-hybridized carbons (Fsp3) is 0.375. The van der Waals surface area contributed by atoms with Crippen molar-refractivity contribution in [2.24, 2.45) is 11.7 Å². The highest BCUT2D eigenvalue weighted by Crippen LogP contribution is 2.05. The van der Waals surface area contributed by atoms with Crippen molar-refractivity contribution < 1.29 is 4.79 Å². The Morgan fingerprint density at radius 3 is 2.70 bits per heavy atom. The Hall–Kier alpha value is -1.05. The molecule has 2 N–H and O–H groups in total. The van der Waals surface area contributed by atoms with Gasteiger partial charge in [-0.05, 0) is 13.3 Å². The summed E-state index contributed by atoms with van der Waals surface area (Å²) in [7, 11) is 0. The van der Waals surface area contributed by atoms with Crippen molar-refractivity contribution in [1.82, 2.24) is 0 Å².